The van der Waals surface area contributed by atoms with E-state index in [9.17, 15) is 0 Å². The maximum Gasteiger partial charge on any atom is 0.192 e. The average Bonchev–Trinajstić information content (AvgIpc) is 2.11. The van der Waals surface area contributed by atoms with Crippen LogP contribution in [-0.2, 0) is 4.43 Å². The molecule has 0 saturated heterocycles. The fourth-order valence-corrected chi connectivity index (χ4v) is 1.81. The molecule has 0 aliphatic carbocycles. The lowest BCUT2D eigenvalue weighted by molar-refractivity contribution is 0.327. The fraction of sp³-hybridized carbons (Fsp3) is 0.714. The van der Waals surface area contributed by atoms with Crippen molar-refractivity contribution in [3.05, 3.63) is 12.2 Å². The van der Waals surface area contributed by atoms with E-state index >= 15 is 0 Å². The third-order valence-electron chi connectivity index (χ3n) is 3.25. The summed E-state index contributed by atoms with van der Waals surface area (Å²) in [6, 6.07) is 0. The van der Waals surface area contributed by atoms with Crippen LogP contribution in [0.3, 0.4) is 0 Å². The predicted molar refractivity (Wildman–Crippen MR) is 74.9 cm³/mol. The molecule has 0 radical (unpaired) electrons. The van der Waals surface area contributed by atoms with Crippen LogP contribution in [0.25, 0.3) is 0 Å². The van der Waals surface area contributed by atoms with Gasteiger partial charge in [-0.25, -0.2) is 0 Å². The molecule has 0 bridgehead atoms. The van der Waals surface area contributed by atoms with Crippen LogP contribution in [0.2, 0.25) is 18.1 Å². The van der Waals surface area contributed by atoms with Gasteiger partial charge in [0.1, 0.15) is 0 Å². The largest absolute Gasteiger partial charge is 0.413 e. The van der Waals surface area contributed by atoms with E-state index < -0.39 is 8.32 Å². The van der Waals surface area contributed by atoms with E-state index in [4.69, 9.17) is 10.8 Å². The van der Waals surface area contributed by atoms with Crippen LogP contribution < -0.4 is 0 Å². The van der Waals surface area contributed by atoms with Crippen LogP contribution in [-0.4, -0.2) is 14.9 Å². The van der Waals surface area contributed by atoms with Crippen molar-refractivity contribution in [2.24, 2.45) is 5.41 Å². The van der Waals surface area contributed by atoms with Gasteiger partial charge in [0, 0.05) is 5.41 Å². The van der Waals surface area contributed by atoms with Crippen molar-refractivity contribution in [1.82, 2.24) is 0 Å². The van der Waals surface area contributed by atoms with Gasteiger partial charge in [0.2, 0.25) is 0 Å². The Morgan fingerprint density at radius 3 is 2.06 bits per heavy atom. The highest BCUT2D eigenvalue weighted by Crippen LogP contribution is 2.36. The van der Waals surface area contributed by atoms with E-state index in [0.29, 0.717) is 6.61 Å². The Morgan fingerprint density at radius 1 is 1.19 bits per heavy atom. The number of hydrogen-bond acceptors (Lipinski definition) is 1. The van der Waals surface area contributed by atoms with Crippen LogP contribution in [0, 0.1) is 17.8 Å². The lowest BCUT2D eigenvalue weighted by Gasteiger charge is -2.35. The quantitative estimate of drug-likeness (QED) is 0.405. The van der Waals surface area contributed by atoms with Gasteiger partial charge >= 0.3 is 0 Å². The SMILES string of the molecule is C#CC(C)(C)/C=C/CO[Si](C)(C)C(C)(C)C. The molecule has 2 heteroatoms. The highest BCUT2D eigenvalue weighted by molar-refractivity contribution is 6.74. The van der Waals surface area contributed by atoms with Gasteiger partial charge in [0.05, 0.1) is 6.61 Å². The first-order chi connectivity index (χ1) is 7.02. The molecule has 0 aromatic carbocycles. The first-order valence-corrected chi connectivity index (χ1v) is 8.72. The van der Waals surface area contributed by atoms with Crippen molar-refractivity contribution in [3.8, 4) is 12.3 Å². The van der Waals surface area contributed by atoms with Crippen molar-refractivity contribution < 1.29 is 4.43 Å². The summed E-state index contributed by atoms with van der Waals surface area (Å²) in [4.78, 5) is 0. The zero-order chi connectivity index (χ0) is 13.0. The Kier molecular flexibility index (Phi) is 5.03. The van der Waals surface area contributed by atoms with E-state index in [1.807, 2.05) is 26.0 Å². The smallest absolute Gasteiger partial charge is 0.192 e. The third kappa shape index (κ3) is 5.00. The van der Waals surface area contributed by atoms with Crippen LogP contribution in [0.15, 0.2) is 12.2 Å². The minimum Gasteiger partial charge on any atom is -0.413 e. The second-order valence-corrected chi connectivity index (χ2v) is 11.1. The monoisotopic (exact) mass is 238 g/mol. The minimum absolute atomic E-state index is 0.170. The molecular weight excluding hydrogens is 212 g/mol. The Morgan fingerprint density at radius 2 is 1.69 bits per heavy atom. The molecule has 0 aromatic heterocycles. The van der Waals surface area contributed by atoms with E-state index in [2.05, 4.69) is 39.8 Å². The second kappa shape index (κ2) is 5.20. The number of allylic oxidation sites excluding steroid dienone is 1. The zero-order valence-corrected chi connectivity index (χ0v) is 12.8. The van der Waals surface area contributed by atoms with E-state index in [1.165, 1.54) is 0 Å². The van der Waals surface area contributed by atoms with Gasteiger partial charge in [0.15, 0.2) is 8.32 Å². The molecule has 16 heavy (non-hydrogen) atoms. The summed E-state index contributed by atoms with van der Waals surface area (Å²) in [5, 5.41) is 0.266. The molecule has 0 saturated carbocycles. The third-order valence-corrected chi connectivity index (χ3v) is 7.75. The topological polar surface area (TPSA) is 9.23 Å². The first kappa shape index (κ1) is 15.5. The van der Waals surface area contributed by atoms with Crippen LogP contribution in [0.4, 0.5) is 0 Å². The van der Waals surface area contributed by atoms with Gasteiger partial charge in [-0.3, -0.25) is 0 Å². The Bertz CT molecular complexity index is 287. The molecule has 0 heterocycles. The molecule has 92 valence electrons. The second-order valence-electron chi connectivity index (χ2n) is 6.34. The van der Waals surface area contributed by atoms with Crippen LogP contribution in [0.5, 0.6) is 0 Å². The van der Waals surface area contributed by atoms with E-state index in [1.54, 1.807) is 0 Å². The van der Waals surface area contributed by atoms with Crippen molar-refractivity contribution in [3.63, 3.8) is 0 Å². The molecule has 0 aromatic rings. The molecule has 0 spiro atoms. The van der Waals surface area contributed by atoms with Gasteiger partial charge in [-0.15, -0.1) is 6.42 Å². The summed E-state index contributed by atoms with van der Waals surface area (Å²) in [7, 11) is -1.61. The summed E-state index contributed by atoms with van der Waals surface area (Å²) in [6.45, 7) is 16.0. The summed E-state index contributed by atoms with van der Waals surface area (Å²) in [5.74, 6) is 2.74. The fourth-order valence-electron chi connectivity index (χ4n) is 0.864. The van der Waals surface area contributed by atoms with Crippen molar-refractivity contribution >= 4 is 8.32 Å². The number of rotatable bonds is 4. The van der Waals surface area contributed by atoms with Crippen molar-refractivity contribution in [2.45, 2.75) is 52.8 Å². The summed E-state index contributed by atoms with van der Waals surface area (Å²) < 4.78 is 6.02. The Balaban J connectivity index is 4.26. The standard InChI is InChI=1S/C14H26OSi/c1-9-14(5,6)11-10-12-15-16(7,8)13(2,3)4/h1,10-11H,12H2,2-8H3/b11-10+. The molecule has 0 rings (SSSR count). The number of terminal acetylenes is 1. The first-order valence-electron chi connectivity index (χ1n) is 5.81. The molecular formula is C14H26OSi. The van der Waals surface area contributed by atoms with E-state index in [-0.39, 0.29) is 10.5 Å². The van der Waals surface area contributed by atoms with Crippen LogP contribution >= 0.6 is 0 Å². The minimum atomic E-state index is -1.61. The lowest BCUT2D eigenvalue weighted by Crippen LogP contribution is -2.40. The number of hydrogen-bond donors (Lipinski definition) is 0. The van der Waals surface area contributed by atoms with Gasteiger partial charge in [-0.05, 0) is 32.0 Å². The average molecular weight is 238 g/mol. The molecule has 0 amide bonds. The maximum absolute atomic E-state index is 6.02. The summed E-state index contributed by atoms with van der Waals surface area (Å²) in [5.41, 5.74) is -0.170. The van der Waals surface area contributed by atoms with Crippen molar-refractivity contribution in [1.29, 1.82) is 0 Å². The van der Waals surface area contributed by atoms with Gasteiger partial charge in [0.25, 0.3) is 0 Å². The molecule has 0 atom stereocenters. The molecule has 0 aliphatic rings. The maximum atomic E-state index is 6.02. The Hall–Kier alpha value is -0.523. The Labute approximate surface area is 102 Å². The van der Waals surface area contributed by atoms with Crippen LogP contribution in [0.1, 0.15) is 34.6 Å². The van der Waals surface area contributed by atoms with Crippen molar-refractivity contribution in [2.75, 3.05) is 6.61 Å². The molecule has 0 N–H and O–H groups in total. The molecule has 0 aliphatic heterocycles. The molecule has 0 fully saturated rings. The van der Waals surface area contributed by atoms with Gasteiger partial charge in [-0.2, -0.15) is 0 Å². The highest BCUT2D eigenvalue weighted by atomic mass is 28.4. The highest BCUT2D eigenvalue weighted by Gasteiger charge is 2.36. The van der Waals surface area contributed by atoms with Gasteiger partial charge < -0.3 is 4.43 Å². The summed E-state index contributed by atoms with van der Waals surface area (Å²) >= 11 is 0. The summed E-state index contributed by atoms with van der Waals surface area (Å²) in [6.07, 6.45) is 9.49. The molecule has 0 unspecified atom stereocenters. The zero-order valence-electron chi connectivity index (χ0n) is 11.8. The lowest BCUT2D eigenvalue weighted by atomic mass is 9.95. The molecule has 1 nitrogen and oxygen atoms in total. The normalized spacial score (nSPS) is 14.1. The van der Waals surface area contributed by atoms with E-state index in [0.717, 1.165) is 0 Å². The van der Waals surface area contributed by atoms with Gasteiger partial charge in [-0.1, -0.05) is 38.8 Å². The predicted octanol–water partition coefficient (Wildman–Crippen LogP) is 4.22.